The largest absolute Gasteiger partial charge is 0.435 e. The van der Waals surface area contributed by atoms with Crippen LogP contribution in [0.3, 0.4) is 0 Å². The Hall–Kier alpha value is -1.16. The molecule has 82 valence electrons. The standard InChI is InChI=1S/C10H9ClF2O2/c1-6(14)4-7-5-8(11)2-3-9(7)15-10(12)13/h2-3,5,10H,4H2,1H3. The number of ether oxygens (including phenoxy) is 1. The molecule has 0 saturated carbocycles. The van der Waals surface area contributed by atoms with Crippen molar-refractivity contribution in [2.75, 3.05) is 0 Å². The van der Waals surface area contributed by atoms with Crippen molar-refractivity contribution in [1.29, 1.82) is 0 Å². The van der Waals surface area contributed by atoms with Crippen molar-refractivity contribution < 1.29 is 18.3 Å². The lowest BCUT2D eigenvalue weighted by Gasteiger charge is -2.09. The molecule has 0 saturated heterocycles. The van der Waals surface area contributed by atoms with E-state index in [0.29, 0.717) is 10.6 Å². The lowest BCUT2D eigenvalue weighted by molar-refractivity contribution is -0.116. The van der Waals surface area contributed by atoms with Crippen LogP contribution >= 0.6 is 11.6 Å². The number of alkyl halides is 2. The fourth-order valence-electron chi connectivity index (χ4n) is 1.17. The van der Waals surface area contributed by atoms with Crippen LogP contribution in [0.4, 0.5) is 8.78 Å². The summed E-state index contributed by atoms with van der Waals surface area (Å²) in [5, 5.41) is 0.382. The maximum atomic E-state index is 12.0. The first-order valence-electron chi connectivity index (χ1n) is 4.21. The predicted molar refractivity (Wildman–Crippen MR) is 52.5 cm³/mol. The molecule has 15 heavy (non-hydrogen) atoms. The molecular weight excluding hydrogens is 226 g/mol. The van der Waals surface area contributed by atoms with Gasteiger partial charge in [0.15, 0.2) is 0 Å². The quantitative estimate of drug-likeness (QED) is 0.800. The molecule has 1 aromatic rings. The van der Waals surface area contributed by atoms with Gasteiger partial charge < -0.3 is 4.74 Å². The van der Waals surface area contributed by atoms with E-state index in [1.807, 2.05) is 0 Å². The summed E-state index contributed by atoms with van der Waals surface area (Å²) in [5.41, 5.74) is 0.371. The molecule has 0 aromatic heterocycles. The van der Waals surface area contributed by atoms with Crippen molar-refractivity contribution in [2.24, 2.45) is 0 Å². The molecule has 0 amide bonds. The van der Waals surface area contributed by atoms with Crippen LogP contribution in [-0.4, -0.2) is 12.4 Å². The molecule has 0 aliphatic rings. The Labute approximate surface area is 90.8 Å². The van der Waals surface area contributed by atoms with E-state index in [0.717, 1.165) is 0 Å². The molecule has 0 fully saturated rings. The van der Waals surface area contributed by atoms with Crippen LogP contribution < -0.4 is 4.74 Å². The zero-order chi connectivity index (χ0) is 11.4. The number of carbonyl (C=O) groups is 1. The van der Waals surface area contributed by atoms with Gasteiger partial charge in [-0.2, -0.15) is 8.78 Å². The summed E-state index contributed by atoms with van der Waals surface area (Å²) in [5.74, 6) is -0.152. The molecule has 0 bridgehead atoms. The van der Waals surface area contributed by atoms with E-state index in [2.05, 4.69) is 4.74 Å². The summed E-state index contributed by atoms with van der Waals surface area (Å²) < 4.78 is 28.3. The fraction of sp³-hybridized carbons (Fsp3) is 0.300. The number of benzene rings is 1. The van der Waals surface area contributed by atoms with Gasteiger partial charge in [-0.25, -0.2) is 0 Å². The average Bonchev–Trinajstić information content (AvgIpc) is 2.08. The van der Waals surface area contributed by atoms with Gasteiger partial charge in [-0.05, 0) is 25.1 Å². The van der Waals surface area contributed by atoms with Gasteiger partial charge in [0.05, 0.1) is 0 Å². The Balaban J connectivity index is 2.97. The summed E-state index contributed by atoms with van der Waals surface area (Å²) in [4.78, 5) is 10.9. The first kappa shape index (κ1) is 11.9. The summed E-state index contributed by atoms with van der Waals surface area (Å²) in [6, 6.07) is 4.20. The van der Waals surface area contributed by atoms with Gasteiger partial charge >= 0.3 is 6.61 Å². The van der Waals surface area contributed by atoms with E-state index in [1.165, 1.54) is 25.1 Å². The van der Waals surface area contributed by atoms with Crippen molar-refractivity contribution in [3.63, 3.8) is 0 Å². The van der Waals surface area contributed by atoms with Crippen LogP contribution in [0, 0.1) is 0 Å². The first-order valence-corrected chi connectivity index (χ1v) is 4.59. The third kappa shape index (κ3) is 3.83. The highest BCUT2D eigenvalue weighted by atomic mass is 35.5. The minimum atomic E-state index is -2.91. The van der Waals surface area contributed by atoms with E-state index < -0.39 is 6.61 Å². The minimum Gasteiger partial charge on any atom is -0.435 e. The molecule has 1 rings (SSSR count). The van der Waals surface area contributed by atoms with Crippen LogP contribution in [0.1, 0.15) is 12.5 Å². The van der Waals surface area contributed by atoms with Crippen LogP contribution in [0.25, 0.3) is 0 Å². The summed E-state index contributed by atoms with van der Waals surface area (Å²) in [7, 11) is 0. The molecule has 0 heterocycles. The Morgan fingerprint density at radius 2 is 2.20 bits per heavy atom. The van der Waals surface area contributed by atoms with Gasteiger partial charge in [0.25, 0.3) is 0 Å². The van der Waals surface area contributed by atoms with E-state index in [4.69, 9.17) is 11.6 Å². The molecular formula is C10H9ClF2O2. The number of Topliss-reactive ketones (excluding diaryl/α,β-unsaturated/α-hetero) is 1. The summed E-state index contributed by atoms with van der Waals surface area (Å²) in [6.07, 6.45) is 0.0304. The zero-order valence-electron chi connectivity index (χ0n) is 7.97. The van der Waals surface area contributed by atoms with Gasteiger partial charge in [0.2, 0.25) is 0 Å². The van der Waals surface area contributed by atoms with Gasteiger partial charge in [-0.15, -0.1) is 0 Å². The van der Waals surface area contributed by atoms with Gasteiger partial charge in [0.1, 0.15) is 11.5 Å². The van der Waals surface area contributed by atoms with Gasteiger partial charge in [-0.3, -0.25) is 4.79 Å². The maximum absolute atomic E-state index is 12.0. The number of ketones is 1. The third-order valence-electron chi connectivity index (χ3n) is 1.68. The van der Waals surface area contributed by atoms with Crippen LogP contribution in [0.15, 0.2) is 18.2 Å². The Morgan fingerprint density at radius 3 is 2.73 bits per heavy atom. The maximum Gasteiger partial charge on any atom is 0.387 e. The molecule has 2 nitrogen and oxygen atoms in total. The Kier molecular flexibility index (Phi) is 4.03. The van der Waals surface area contributed by atoms with E-state index in [1.54, 1.807) is 0 Å². The number of carbonyl (C=O) groups excluding carboxylic acids is 1. The molecule has 5 heteroatoms. The smallest absolute Gasteiger partial charge is 0.387 e. The summed E-state index contributed by atoms with van der Waals surface area (Å²) in [6.45, 7) is -1.54. The molecule has 0 aliphatic carbocycles. The molecule has 0 spiro atoms. The number of hydrogen-bond acceptors (Lipinski definition) is 2. The van der Waals surface area contributed by atoms with Crippen molar-refractivity contribution in [2.45, 2.75) is 20.0 Å². The van der Waals surface area contributed by atoms with E-state index in [9.17, 15) is 13.6 Å². The van der Waals surface area contributed by atoms with Crippen molar-refractivity contribution in [3.8, 4) is 5.75 Å². The second kappa shape index (κ2) is 5.07. The zero-order valence-corrected chi connectivity index (χ0v) is 8.72. The molecule has 0 N–H and O–H groups in total. The first-order chi connectivity index (χ1) is 6.99. The van der Waals surface area contributed by atoms with E-state index in [-0.39, 0.29) is 18.0 Å². The van der Waals surface area contributed by atoms with E-state index >= 15 is 0 Å². The molecule has 0 atom stereocenters. The number of hydrogen-bond donors (Lipinski definition) is 0. The van der Waals surface area contributed by atoms with Crippen molar-refractivity contribution >= 4 is 17.4 Å². The second-order valence-electron chi connectivity index (χ2n) is 3.01. The highest BCUT2D eigenvalue weighted by Crippen LogP contribution is 2.25. The highest BCUT2D eigenvalue weighted by Gasteiger charge is 2.11. The normalized spacial score (nSPS) is 10.5. The van der Waals surface area contributed by atoms with Crippen molar-refractivity contribution in [1.82, 2.24) is 0 Å². The monoisotopic (exact) mass is 234 g/mol. The SMILES string of the molecule is CC(=O)Cc1cc(Cl)ccc1OC(F)F. The molecule has 0 aliphatic heterocycles. The van der Waals surface area contributed by atoms with Crippen molar-refractivity contribution in [3.05, 3.63) is 28.8 Å². The Morgan fingerprint density at radius 1 is 1.53 bits per heavy atom. The molecule has 1 aromatic carbocycles. The van der Waals surface area contributed by atoms with Crippen LogP contribution in [-0.2, 0) is 11.2 Å². The minimum absolute atomic E-state index is 0.00963. The summed E-state index contributed by atoms with van der Waals surface area (Å²) >= 11 is 5.68. The average molecular weight is 235 g/mol. The number of rotatable bonds is 4. The predicted octanol–water partition coefficient (Wildman–Crippen LogP) is 3.07. The third-order valence-corrected chi connectivity index (χ3v) is 1.91. The van der Waals surface area contributed by atoms with Gasteiger partial charge in [0, 0.05) is 17.0 Å². The van der Waals surface area contributed by atoms with Crippen LogP contribution in [0.5, 0.6) is 5.75 Å². The molecule has 0 radical (unpaired) electrons. The Bertz CT molecular complexity index is 366. The fourth-order valence-corrected chi connectivity index (χ4v) is 1.36. The van der Waals surface area contributed by atoms with Crippen LogP contribution in [0.2, 0.25) is 5.02 Å². The topological polar surface area (TPSA) is 26.3 Å². The number of halogens is 3. The second-order valence-corrected chi connectivity index (χ2v) is 3.45. The lowest BCUT2D eigenvalue weighted by Crippen LogP contribution is -2.06. The molecule has 0 unspecified atom stereocenters. The lowest BCUT2D eigenvalue weighted by atomic mass is 10.1. The highest BCUT2D eigenvalue weighted by molar-refractivity contribution is 6.30. The van der Waals surface area contributed by atoms with Gasteiger partial charge in [-0.1, -0.05) is 11.6 Å².